The molecule has 1 aliphatic rings. The Labute approximate surface area is 109 Å². The first kappa shape index (κ1) is 12.5. The third kappa shape index (κ3) is 2.84. The first-order chi connectivity index (χ1) is 8.22. The van der Waals surface area contributed by atoms with Crippen LogP contribution >= 0.6 is 15.9 Å². The van der Waals surface area contributed by atoms with Gasteiger partial charge in [-0.3, -0.25) is 9.78 Å². The molecular formula is C12H15BrN2O2. The van der Waals surface area contributed by atoms with E-state index in [0.717, 1.165) is 11.0 Å². The number of amides is 1. The van der Waals surface area contributed by atoms with Crippen molar-refractivity contribution < 1.29 is 9.53 Å². The molecule has 4 nitrogen and oxygen atoms in total. The highest BCUT2D eigenvalue weighted by molar-refractivity contribution is 9.09. The molecule has 0 radical (unpaired) electrons. The van der Waals surface area contributed by atoms with Crippen LogP contribution in [0.4, 0.5) is 0 Å². The predicted octanol–water partition coefficient (Wildman–Crippen LogP) is 1.63. The molecule has 1 unspecified atom stereocenters. The van der Waals surface area contributed by atoms with Crippen LogP contribution in [-0.4, -0.2) is 46.9 Å². The van der Waals surface area contributed by atoms with Crippen molar-refractivity contribution in [3.63, 3.8) is 0 Å². The normalized spacial score (nSPS) is 20.4. The Morgan fingerprint density at radius 2 is 2.53 bits per heavy atom. The molecule has 0 bridgehead atoms. The van der Waals surface area contributed by atoms with Gasteiger partial charge in [0.2, 0.25) is 0 Å². The lowest BCUT2D eigenvalue weighted by atomic mass is 10.1. The van der Waals surface area contributed by atoms with Gasteiger partial charge in [0.1, 0.15) is 0 Å². The van der Waals surface area contributed by atoms with E-state index >= 15 is 0 Å². The van der Waals surface area contributed by atoms with Crippen molar-refractivity contribution in [2.45, 2.75) is 13.0 Å². The standard InChI is InChI=1S/C12H15BrN2O2/c1-9-6-10(2-3-14-9)12(16)15-4-5-17-8-11(15)7-13/h2-3,6,11H,4-5,7-8H2,1H3. The van der Waals surface area contributed by atoms with Gasteiger partial charge in [0, 0.05) is 29.3 Å². The number of morpholine rings is 1. The third-order valence-corrected chi connectivity index (χ3v) is 3.56. The van der Waals surface area contributed by atoms with Crippen molar-refractivity contribution in [2.75, 3.05) is 25.1 Å². The number of halogens is 1. The number of hydrogen-bond acceptors (Lipinski definition) is 3. The molecule has 5 heteroatoms. The second kappa shape index (κ2) is 5.60. The summed E-state index contributed by atoms with van der Waals surface area (Å²) in [4.78, 5) is 18.3. The topological polar surface area (TPSA) is 42.4 Å². The number of rotatable bonds is 2. The molecule has 17 heavy (non-hydrogen) atoms. The Morgan fingerprint density at radius 3 is 3.24 bits per heavy atom. The Bertz CT molecular complexity index is 411. The van der Waals surface area contributed by atoms with Crippen LogP contribution in [0.2, 0.25) is 0 Å². The van der Waals surface area contributed by atoms with Crippen molar-refractivity contribution in [1.82, 2.24) is 9.88 Å². The minimum absolute atomic E-state index is 0.0586. The average molecular weight is 299 g/mol. The summed E-state index contributed by atoms with van der Waals surface area (Å²) in [6, 6.07) is 3.70. The molecule has 0 aromatic carbocycles. The molecule has 1 atom stereocenters. The van der Waals surface area contributed by atoms with Gasteiger partial charge in [-0.2, -0.15) is 0 Å². The predicted molar refractivity (Wildman–Crippen MR) is 68.4 cm³/mol. The minimum atomic E-state index is 0.0586. The zero-order valence-electron chi connectivity index (χ0n) is 9.73. The van der Waals surface area contributed by atoms with Crippen LogP contribution in [0.3, 0.4) is 0 Å². The van der Waals surface area contributed by atoms with Crippen LogP contribution in [0.5, 0.6) is 0 Å². The zero-order valence-corrected chi connectivity index (χ0v) is 11.3. The fraction of sp³-hybridized carbons (Fsp3) is 0.500. The van der Waals surface area contributed by atoms with Gasteiger partial charge in [-0.25, -0.2) is 0 Å². The highest BCUT2D eigenvalue weighted by Crippen LogP contribution is 2.14. The Hall–Kier alpha value is -0.940. The lowest BCUT2D eigenvalue weighted by Gasteiger charge is -2.34. The SMILES string of the molecule is Cc1cc(C(=O)N2CCOCC2CBr)ccn1. The quantitative estimate of drug-likeness (QED) is 0.780. The van der Waals surface area contributed by atoms with E-state index in [9.17, 15) is 4.79 Å². The lowest BCUT2D eigenvalue weighted by Crippen LogP contribution is -2.49. The van der Waals surface area contributed by atoms with Crippen LogP contribution in [0.25, 0.3) is 0 Å². The van der Waals surface area contributed by atoms with Gasteiger partial charge in [0.15, 0.2) is 0 Å². The Morgan fingerprint density at radius 1 is 1.71 bits per heavy atom. The van der Waals surface area contributed by atoms with Gasteiger partial charge >= 0.3 is 0 Å². The molecule has 2 rings (SSSR count). The maximum atomic E-state index is 12.3. The maximum absolute atomic E-state index is 12.3. The van der Waals surface area contributed by atoms with Gasteiger partial charge < -0.3 is 9.64 Å². The monoisotopic (exact) mass is 298 g/mol. The van der Waals surface area contributed by atoms with Crippen LogP contribution in [0.15, 0.2) is 18.3 Å². The van der Waals surface area contributed by atoms with Crippen molar-refractivity contribution in [3.8, 4) is 0 Å². The molecule has 2 heterocycles. The number of aryl methyl sites for hydroxylation is 1. The number of nitrogens with zero attached hydrogens (tertiary/aromatic N) is 2. The molecule has 0 N–H and O–H groups in total. The Kier molecular flexibility index (Phi) is 4.12. The van der Waals surface area contributed by atoms with E-state index < -0.39 is 0 Å². The smallest absolute Gasteiger partial charge is 0.254 e. The average Bonchev–Trinajstić information content (AvgIpc) is 2.38. The number of alkyl halides is 1. The van der Waals surface area contributed by atoms with E-state index in [1.54, 1.807) is 12.3 Å². The molecule has 0 spiro atoms. The summed E-state index contributed by atoms with van der Waals surface area (Å²) in [5.41, 5.74) is 1.56. The minimum Gasteiger partial charge on any atom is -0.377 e. The van der Waals surface area contributed by atoms with E-state index in [2.05, 4.69) is 20.9 Å². The van der Waals surface area contributed by atoms with Crippen LogP contribution in [-0.2, 0) is 4.74 Å². The fourth-order valence-electron chi connectivity index (χ4n) is 1.89. The van der Waals surface area contributed by atoms with Crippen molar-refractivity contribution in [2.24, 2.45) is 0 Å². The van der Waals surface area contributed by atoms with Crippen LogP contribution in [0.1, 0.15) is 16.1 Å². The van der Waals surface area contributed by atoms with E-state index in [1.807, 2.05) is 17.9 Å². The number of hydrogen-bond donors (Lipinski definition) is 0. The lowest BCUT2D eigenvalue weighted by molar-refractivity contribution is 0.00524. The summed E-state index contributed by atoms with van der Waals surface area (Å²) in [5, 5.41) is 0.739. The second-order valence-electron chi connectivity index (χ2n) is 4.07. The second-order valence-corrected chi connectivity index (χ2v) is 4.71. The van der Waals surface area contributed by atoms with Crippen LogP contribution < -0.4 is 0 Å². The molecule has 1 amide bonds. The number of aromatic nitrogens is 1. The molecular weight excluding hydrogens is 284 g/mol. The summed E-state index contributed by atoms with van der Waals surface area (Å²) in [5.74, 6) is 0.0586. The summed E-state index contributed by atoms with van der Waals surface area (Å²) in [6.45, 7) is 3.74. The number of carbonyl (C=O) groups is 1. The first-order valence-corrected chi connectivity index (χ1v) is 6.72. The van der Waals surface area contributed by atoms with Gasteiger partial charge in [0.05, 0.1) is 19.3 Å². The molecule has 1 aromatic heterocycles. The summed E-state index contributed by atoms with van der Waals surface area (Å²) in [7, 11) is 0. The summed E-state index contributed by atoms with van der Waals surface area (Å²) >= 11 is 3.42. The van der Waals surface area contributed by atoms with Gasteiger partial charge in [-0.05, 0) is 19.1 Å². The number of pyridine rings is 1. The van der Waals surface area contributed by atoms with Gasteiger partial charge in [-0.1, -0.05) is 15.9 Å². The number of carbonyl (C=O) groups excluding carboxylic acids is 1. The van der Waals surface area contributed by atoms with E-state index in [-0.39, 0.29) is 11.9 Å². The fourth-order valence-corrected chi connectivity index (χ4v) is 2.43. The van der Waals surface area contributed by atoms with Crippen molar-refractivity contribution >= 4 is 21.8 Å². The van der Waals surface area contributed by atoms with Gasteiger partial charge in [0.25, 0.3) is 5.91 Å². The molecule has 1 aliphatic heterocycles. The van der Waals surface area contributed by atoms with Gasteiger partial charge in [-0.15, -0.1) is 0 Å². The molecule has 1 saturated heterocycles. The molecule has 0 aliphatic carbocycles. The highest BCUT2D eigenvalue weighted by Gasteiger charge is 2.27. The molecule has 0 saturated carbocycles. The maximum Gasteiger partial charge on any atom is 0.254 e. The van der Waals surface area contributed by atoms with Crippen molar-refractivity contribution in [3.05, 3.63) is 29.6 Å². The number of ether oxygens (including phenoxy) is 1. The Balaban J connectivity index is 2.18. The van der Waals surface area contributed by atoms with E-state index in [4.69, 9.17) is 4.74 Å². The van der Waals surface area contributed by atoms with Crippen molar-refractivity contribution in [1.29, 1.82) is 0 Å². The van der Waals surface area contributed by atoms with E-state index in [1.165, 1.54) is 0 Å². The van der Waals surface area contributed by atoms with E-state index in [0.29, 0.717) is 25.3 Å². The summed E-state index contributed by atoms with van der Waals surface area (Å²) < 4.78 is 5.38. The molecule has 1 fully saturated rings. The largest absolute Gasteiger partial charge is 0.377 e. The molecule has 92 valence electrons. The first-order valence-electron chi connectivity index (χ1n) is 5.59. The third-order valence-electron chi connectivity index (χ3n) is 2.81. The van der Waals surface area contributed by atoms with Crippen LogP contribution in [0, 0.1) is 6.92 Å². The zero-order chi connectivity index (χ0) is 12.3. The summed E-state index contributed by atoms with van der Waals surface area (Å²) in [6.07, 6.45) is 1.67. The highest BCUT2D eigenvalue weighted by atomic mass is 79.9. The molecule has 1 aromatic rings.